The number of carbonyl (C=O) groups is 2. The summed E-state index contributed by atoms with van der Waals surface area (Å²) in [7, 11) is 0. The summed E-state index contributed by atoms with van der Waals surface area (Å²) in [6.45, 7) is 8.29. The molecule has 0 rings (SSSR count). The van der Waals surface area contributed by atoms with Crippen molar-refractivity contribution in [3.63, 3.8) is 0 Å². The van der Waals surface area contributed by atoms with Gasteiger partial charge < -0.3 is 9.64 Å². The van der Waals surface area contributed by atoms with E-state index < -0.39 is 11.4 Å². The molecular weight excluding hydrogens is 268 g/mol. The van der Waals surface area contributed by atoms with E-state index in [4.69, 9.17) is 4.74 Å². The Labute approximate surface area is 128 Å². The summed E-state index contributed by atoms with van der Waals surface area (Å²) in [5, 5.41) is 9.55. The Balaban J connectivity index is 5.20. The molecule has 0 atom stereocenters. The van der Waals surface area contributed by atoms with Crippen molar-refractivity contribution in [2.24, 2.45) is 5.41 Å². The van der Waals surface area contributed by atoms with E-state index in [0.717, 1.165) is 19.3 Å². The molecule has 0 saturated carbocycles. The summed E-state index contributed by atoms with van der Waals surface area (Å²) >= 11 is 0. The molecular formula is C16H28N2O3. The second-order valence-electron chi connectivity index (χ2n) is 5.23. The number of ether oxygens (including phenoxy) is 1. The molecule has 0 aromatic rings. The van der Waals surface area contributed by atoms with Gasteiger partial charge >= 0.3 is 5.97 Å². The van der Waals surface area contributed by atoms with Crippen molar-refractivity contribution in [3.8, 4) is 6.07 Å². The third kappa shape index (κ3) is 5.74. The van der Waals surface area contributed by atoms with Crippen molar-refractivity contribution in [3.05, 3.63) is 0 Å². The molecule has 1 amide bonds. The zero-order valence-corrected chi connectivity index (χ0v) is 13.8. The number of carbonyl (C=O) groups excluding carboxylic acids is 2. The Bertz CT molecular complexity index is 368. The molecule has 0 N–H and O–H groups in total. The highest BCUT2D eigenvalue weighted by Crippen LogP contribution is 2.31. The van der Waals surface area contributed by atoms with E-state index in [0.29, 0.717) is 26.0 Å². The van der Waals surface area contributed by atoms with Crippen LogP contribution in [0, 0.1) is 16.7 Å². The SMILES string of the molecule is CCCN(CC(=O)OCC)C(=O)C(C#N)(CCC)CCC. The van der Waals surface area contributed by atoms with Gasteiger partial charge in [0, 0.05) is 6.54 Å². The van der Waals surface area contributed by atoms with Crippen LogP contribution in [0.2, 0.25) is 0 Å². The van der Waals surface area contributed by atoms with Gasteiger partial charge in [-0.1, -0.05) is 33.6 Å². The lowest BCUT2D eigenvalue weighted by molar-refractivity contribution is -0.152. The fraction of sp³-hybridized carbons (Fsp3) is 0.812. The van der Waals surface area contributed by atoms with Crippen LogP contribution in [0.1, 0.15) is 59.8 Å². The fourth-order valence-corrected chi connectivity index (χ4v) is 2.54. The molecule has 0 fully saturated rings. The maximum Gasteiger partial charge on any atom is 0.325 e. The van der Waals surface area contributed by atoms with Gasteiger partial charge in [0.1, 0.15) is 12.0 Å². The second-order valence-corrected chi connectivity index (χ2v) is 5.23. The van der Waals surface area contributed by atoms with Gasteiger partial charge in [0.05, 0.1) is 12.7 Å². The van der Waals surface area contributed by atoms with Gasteiger partial charge in [-0.3, -0.25) is 9.59 Å². The zero-order chi connectivity index (χ0) is 16.3. The molecule has 5 nitrogen and oxygen atoms in total. The van der Waals surface area contributed by atoms with Gasteiger partial charge in [-0.05, 0) is 26.2 Å². The van der Waals surface area contributed by atoms with Gasteiger partial charge in [-0.2, -0.15) is 5.26 Å². The lowest BCUT2D eigenvalue weighted by atomic mass is 9.79. The van der Waals surface area contributed by atoms with E-state index in [9.17, 15) is 14.9 Å². The number of hydrogen-bond donors (Lipinski definition) is 0. The van der Waals surface area contributed by atoms with E-state index in [2.05, 4.69) is 6.07 Å². The minimum absolute atomic E-state index is 0.0721. The lowest BCUT2D eigenvalue weighted by Crippen LogP contribution is -2.46. The highest BCUT2D eigenvalue weighted by atomic mass is 16.5. The first-order chi connectivity index (χ1) is 10.0. The van der Waals surface area contributed by atoms with Crippen LogP contribution in [0.15, 0.2) is 0 Å². The van der Waals surface area contributed by atoms with Gasteiger partial charge in [-0.25, -0.2) is 0 Å². The van der Waals surface area contributed by atoms with Crippen molar-refractivity contribution in [1.82, 2.24) is 4.90 Å². The number of amides is 1. The number of nitrogens with zero attached hydrogens (tertiary/aromatic N) is 2. The van der Waals surface area contributed by atoms with Crippen molar-refractivity contribution < 1.29 is 14.3 Å². The Morgan fingerprint density at radius 1 is 1.10 bits per heavy atom. The van der Waals surface area contributed by atoms with Crippen LogP contribution >= 0.6 is 0 Å². The Morgan fingerprint density at radius 2 is 1.67 bits per heavy atom. The molecule has 0 radical (unpaired) electrons. The largest absolute Gasteiger partial charge is 0.465 e. The molecule has 0 heterocycles. The fourth-order valence-electron chi connectivity index (χ4n) is 2.54. The molecule has 0 bridgehead atoms. The van der Waals surface area contributed by atoms with Crippen LogP contribution in [0.4, 0.5) is 0 Å². The van der Waals surface area contributed by atoms with Crippen LogP contribution in [0.25, 0.3) is 0 Å². The lowest BCUT2D eigenvalue weighted by Gasteiger charge is -2.31. The summed E-state index contributed by atoms with van der Waals surface area (Å²) in [4.78, 5) is 25.9. The molecule has 0 aromatic carbocycles. The normalized spacial score (nSPS) is 10.8. The van der Waals surface area contributed by atoms with Crippen molar-refractivity contribution >= 4 is 11.9 Å². The number of esters is 1. The first-order valence-corrected chi connectivity index (χ1v) is 7.87. The standard InChI is InChI=1S/C16H28N2O3/c1-5-9-16(13-17,10-6-2)15(20)18(11-7-3)12-14(19)21-8-4/h5-12H2,1-4H3. The maximum absolute atomic E-state index is 12.8. The molecule has 0 saturated heterocycles. The van der Waals surface area contributed by atoms with Crippen LogP contribution in [-0.2, 0) is 14.3 Å². The maximum atomic E-state index is 12.8. The Kier molecular flexibility index (Phi) is 9.44. The van der Waals surface area contributed by atoms with Crippen LogP contribution in [0.5, 0.6) is 0 Å². The van der Waals surface area contributed by atoms with E-state index >= 15 is 0 Å². The minimum Gasteiger partial charge on any atom is -0.465 e. The topological polar surface area (TPSA) is 70.4 Å². The Hall–Kier alpha value is -1.57. The third-order valence-electron chi connectivity index (χ3n) is 3.38. The number of rotatable bonds is 10. The van der Waals surface area contributed by atoms with Crippen LogP contribution in [0.3, 0.4) is 0 Å². The molecule has 0 aliphatic heterocycles. The molecule has 120 valence electrons. The van der Waals surface area contributed by atoms with Crippen molar-refractivity contribution in [2.45, 2.75) is 59.8 Å². The highest BCUT2D eigenvalue weighted by molar-refractivity contribution is 5.88. The van der Waals surface area contributed by atoms with Crippen molar-refractivity contribution in [2.75, 3.05) is 19.7 Å². The average molecular weight is 296 g/mol. The summed E-state index contributed by atoms with van der Waals surface area (Å²) in [5.74, 6) is -0.650. The monoisotopic (exact) mass is 296 g/mol. The van der Waals surface area contributed by atoms with E-state index in [-0.39, 0.29) is 12.5 Å². The summed E-state index contributed by atoms with van der Waals surface area (Å²) in [6, 6.07) is 2.22. The van der Waals surface area contributed by atoms with Crippen molar-refractivity contribution in [1.29, 1.82) is 5.26 Å². The molecule has 0 aliphatic rings. The highest BCUT2D eigenvalue weighted by Gasteiger charge is 2.40. The summed E-state index contributed by atoms with van der Waals surface area (Å²) in [5.41, 5.74) is -1.01. The van der Waals surface area contributed by atoms with E-state index in [1.165, 1.54) is 4.90 Å². The van der Waals surface area contributed by atoms with E-state index in [1.807, 2.05) is 20.8 Å². The van der Waals surface area contributed by atoms with Gasteiger partial charge in [-0.15, -0.1) is 0 Å². The molecule has 0 spiro atoms. The summed E-state index contributed by atoms with van der Waals surface area (Å²) in [6.07, 6.45) is 3.32. The zero-order valence-electron chi connectivity index (χ0n) is 13.8. The predicted octanol–water partition coefficient (Wildman–Crippen LogP) is 2.90. The molecule has 0 unspecified atom stereocenters. The smallest absolute Gasteiger partial charge is 0.325 e. The average Bonchev–Trinajstić information content (AvgIpc) is 2.46. The Morgan fingerprint density at radius 3 is 2.05 bits per heavy atom. The summed E-state index contributed by atoms with van der Waals surface area (Å²) < 4.78 is 4.92. The molecule has 0 aromatic heterocycles. The third-order valence-corrected chi connectivity index (χ3v) is 3.38. The number of hydrogen-bond acceptors (Lipinski definition) is 4. The van der Waals surface area contributed by atoms with Crippen LogP contribution in [-0.4, -0.2) is 36.5 Å². The van der Waals surface area contributed by atoms with Crippen LogP contribution < -0.4 is 0 Å². The molecule has 5 heteroatoms. The van der Waals surface area contributed by atoms with Gasteiger partial charge in [0.2, 0.25) is 5.91 Å². The molecule has 21 heavy (non-hydrogen) atoms. The molecule has 0 aliphatic carbocycles. The van der Waals surface area contributed by atoms with Gasteiger partial charge in [0.15, 0.2) is 0 Å². The minimum atomic E-state index is -1.01. The second kappa shape index (κ2) is 10.2. The van der Waals surface area contributed by atoms with Gasteiger partial charge in [0.25, 0.3) is 0 Å². The predicted molar refractivity (Wildman–Crippen MR) is 81.4 cm³/mol. The first kappa shape index (κ1) is 19.4. The number of nitriles is 1. The first-order valence-electron chi connectivity index (χ1n) is 7.87. The quantitative estimate of drug-likeness (QED) is 0.581. The van der Waals surface area contributed by atoms with E-state index in [1.54, 1.807) is 6.92 Å².